The van der Waals surface area contributed by atoms with E-state index in [-0.39, 0.29) is 7.43 Å². The molecule has 0 aliphatic rings. The van der Waals surface area contributed by atoms with Gasteiger partial charge in [-0.3, -0.25) is 0 Å². The molecule has 0 bridgehead atoms. The van der Waals surface area contributed by atoms with Crippen LogP contribution in [0.3, 0.4) is 0 Å². The molecule has 28 valence electrons. The van der Waals surface area contributed by atoms with Crippen LogP contribution < -0.4 is 0 Å². The van der Waals surface area contributed by atoms with Gasteiger partial charge in [-0.25, -0.2) is 4.20 Å². The molecule has 0 aliphatic carbocycles. The lowest BCUT2D eigenvalue weighted by Gasteiger charge is -1.45. The van der Waals surface area contributed by atoms with Crippen molar-refractivity contribution in [2.24, 2.45) is 0 Å². The second-order valence-electron chi connectivity index (χ2n) is 0.189. The van der Waals surface area contributed by atoms with Gasteiger partial charge in [0.25, 0.3) is 0 Å². The number of hydrogen-bond donors (Lipinski definition) is 0. The minimum Gasteiger partial charge on any atom is -0.231 e. The van der Waals surface area contributed by atoms with E-state index in [1.54, 1.807) is 0 Å². The summed E-state index contributed by atoms with van der Waals surface area (Å²) in [4.78, 5) is 0. The lowest BCUT2D eigenvalue weighted by molar-refractivity contribution is 0.925. The van der Waals surface area contributed by atoms with Gasteiger partial charge in [-0.2, -0.15) is 0 Å². The molecular weight excluding hydrogens is 74.0 g/mol. The summed E-state index contributed by atoms with van der Waals surface area (Å²) in [6, 6.07) is 0. The Hall–Kier alpha value is 0.360. The standard InChI is InChI=1S/CH4FP.CH4/c1-3-2;/h3H,1H3;1H4. The molecule has 0 aromatic carbocycles. The Balaban J connectivity index is 0. The van der Waals surface area contributed by atoms with Gasteiger partial charge in [-0.1, -0.05) is 7.43 Å². The van der Waals surface area contributed by atoms with E-state index in [1.165, 1.54) is 6.66 Å². The molecule has 0 aliphatic heterocycles. The topological polar surface area (TPSA) is 0 Å². The van der Waals surface area contributed by atoms with Gasteiger partial charge in [0.15, 0.2) is 0 Å². The minimum absolute atomic E-state index is 0. The van der Waals surface area contributed by atoms with Crippen LogP contribution in [0.15, 0.2) is 0 Å². The number of halogens is 1. The molecule has 0 rings (SSSR count). The highest BCUT2D eigenvalue weighted by molar-refractivity contribution is 7.30. The van der Waals surface area contributed by atoms with Crippen LogP contribution in [0.4, 0.5) is 4.20 Å². The summed E-state index contributed by atoms with van der Waals surface area (Å²) < 4.78 is 10.3. The van der Waals surface area contributed by atoms with Crippen molar-refractivity contribution < 1.29 is 4.20 Å². The molecule has 0 radical (unpaired) electrons. The van der Waals surface area contributed by atoms with E-state index in [1.807, 2.05) is 0 Å². The maximum absolute atomic E-state index is 10.3. The van der Waals surface area contributed by atoms with Gasteiger partial charge in [0.1, 0.15) is 0 Å². The predicted octanol–water partition coefficient (Wildman–Crippen LogP) is 1.82. The van der Waals surface area contributed by atoms with E-state index in [4.69, 9.17) is 0 Å². The fraction of sp³-hybridized carbons (Fsp3) is 1.00. The van der Waals surface area contributed by atoms with Gasteiger partial charge in [-0.05, 0) is 6.66 Å². The first-order chi connectivity index (χ1) is 1.41. The molecule has 4 heavy (non-hydrogen) atoms. The maximum atomic E-state index is 10.3. The first-order valence-electron chi connectivity index (χ1n) is 0.689. The highest BCUT2D eigenvalue weighted by Gasteiger charge is 1.39. The summed E-state index contributed by atoms with van der Waals surface area (Å²) in [5, 5.41) is 0. The van der Waals surface area contributed by atoms with Crippen LogP contribution in [0, 0.1) is 0 Å². The predicted molar refractivity (Wildman–Crippen MR) is 22.1 cm³/mol. The average molecular weight is 82.1 g/mol. The Morgan fingerprint density at radius 2 is 1.75 bits per heavy atom. The Morgan fingerprint density at radius 1 is 1.75 bits per heavy atom. The van der Waals surface area contributed by atoms with Crippen molar-refractivity contribution in [1.29, 1.82) is 0 Å². The van der Waals surface area contributed by atoms with Crippen LogP contribution in [0.5, 0.6) is 0 Å². The first-order valence-corrected chi connectivity index (χ1v) is 2.07. The van der Waals surface area contributed by atoms with Crippen molar-refractivity contribution in [2.75, 3.05) is 6.66 Å². The zero-order valence-electron chi connectivity index (χ0n) is 1.88. The summed E-state index contributed by atoms with van der Waals surface area (Å²) in [6.45, 7) is 1.49. The van der Waals surface area contributed by atoms with Crippen LogP contribution in [-0.2, 0) is 0 Å². The third-order valence-corrected chi connectivity index (χ3v) is 0. The number of rotatable bonds is 0. The molecule has 1 atom stereocenters. The molecule has 0 nitrogen and oxygen atoms in total. The second kappa shape index (κ2) is 10.1. The van der Waals surface area contributed by atoms with Gasteiger partial charge in [0.2, 0.25) is 0 Å². The zero-order valence-corrected chi connectivity index (χ0v) is 2.88. The summed E-state index contributed by atoms with van der Waals surface area (Å²) in [6.07, 6.45) is 0. The average Bonchev–Trinajstić information content (AvgIpc) is 0.918. The Bertz CT molecular complexity index is 6.00. The van der Waals surface area contributed by atoms with Crippen LogP contribution in [0.2, 0.25) is 0 Å². The maximum Gasteiger partial charge on any atom is 0.0639 e. The van der Waals surface area contributed by atoms with Crippen molar-refractivity contribution in [2.45, 2.75) is 7.43 Å². The van der Waals surface area contributed by atoms with Gasteiger partial charge in [-0.15, -0.1) is 0 Å². The zero-order chi connectivity index (χ0) is 2.71. The molecule has 0 N–H and O–H groups in total. The fourth-order valence-electron chi connectivity index (χ4n) is 0. The third kappa shape index (κ3) is 33.7. The van der Waals surface area contributed by atoms with Crippen molar-refractivity contribution in [3.63, 3.8) is 0 Å². The van der Waals surface area contributed by atoms with Crippen molar-refractivity contribution in [3.8, 4) is 0 Å². The van der Waals surface area contributed by atoms with E-state index in [2.05, 4.69) is 0 Å². The monoisotopic (exact) mass is 82.0 g/mol. The SMILES string of the molecule is C.CPF. The largest absolute Gasteiger partial charge is 0.231 e. The first kappa shape index (κ1) is 8.84. The van der Waals surface area contributed by atoms with Crippen molar-refractivity contribution in [3.05, 3.63) is 0 Å². The molecule has 0 amide bonds. The number of hydrogen-bond acceptors (Lipinski definition) is 0. The van der Waals surface area contributed by atoms with Gasteiger partial charge in [0.05, 0.1) is 8.89 Å². The normalized spacial score (nSPS) is 7.50. The molecule has 0 fully saturated rings. The summed E-state index contributed by atoms with van der Waals surface area (Å²) in [7, 11) is -0.417. The molecule has 1 unspecified atom stereocenters. The highest BCUT2D eigenvalue weighted by atomic mass is 31.1. The molecule has 0 aromatic rings. The van der Waals surface area contributed by atoms with Crippen LogP contribution in [-0.4, -0.2) is 6.66 Å². The van der Waals surface area contributed by atoms with Gasteiger partial charge in [0, 0.05) is 0 Å². The minimum atomic E-state index is -0.417. The molecule has 2 heteroatoms. The Kier molecular flexibility index (Phi) is 22.4. The van der Waals surface area contributed by atoms with Gasteiger partial charge < -0.3 is 0 Å². The smallest absolute Gasteiger partial charge is 0.0639 e. The molecule has 0 saturated heterocycles. The lowest BCUT2D eigenvalue weighted by Crippen LogP contribution is -1.03. The quantitative estimate of drug-likeness (QED) is 0.391. The molecule has 0 saturated carbocycles. The van der Waals surface area contributed by atoms with Crippen molar-refractivity contribution >= 4 is 8.89 Å². The molecule has 0 spiro atoms. The summed E-state index contributed by atoms with van der Waals surface area (Å²) >= 11 is 0. The van der Waals surface area contributed by atoms with Gasteiger partial charge >= 0.3 is 0 Å². The Labute approximate surface area is 28.3 Å². The summed E-state index contributed by atoms with van der Waals surface area (Å²) in [5.41, 5.74) is 0. The van der Waals surface area contributed by atoms with Crippen LogP contribution in [0.25, 0.3) is 0 Å². The van der Waals surface area contributed by atoms with Crippen molar-refractivity contribution in [1.82, 2.24) is 0 Å². The van der Waals surface area contributed by atoms with Crippen LogP contribution >= 0.6 is 8.89 Å². The van der Waals surface area contributed by atoms with E-state index in [0.29, 0.717) is 0 Å². The van der Waals surface area contributed by atoms with E-state index >= 15 is 0 Å². The highest BCUT2D eigenvalue weighted by Crippen LogP contribution is 1.97. The van der Waals surface area contributed by atoms with Crippen LogP contribution in [0.1, 0.15) is 7.43 Å². The molecule has 0 heterocycles. The molecule has 0 aromatic heterocycles. The fourth-order valence-corrected chi connectivity index (χ4v) is 0. The molecular formula is C2H8FP. The Morgan fingerprint density at radius 3 is 1.75 bits per heavy atom. The third-order valence-electron chi connectivity index (χ3n) is 0. The van der Waals surface area contributed by atoms with E-state index < -0.39 is 8.89 Å². The summed E-state index contributed by atoms with van der Waals surface area (Å²) in [5.74, 6) is 0. The van der Waals surface area contributed by atoms with E-state index in [0.717, 1.165) is 0 Å². The lowest BCUT2D eigenvalue weighted by atomic mass is 12.0. The second-order valence-corrected chi connectivity index (χ2v) is 0.567. The van der Waals surface area contributed by atoms with E-state index in [9.17, 15) is 4.20 Å².